The van der Waals surface area contributed by atoms with Gasteiger partial charge in [0.15, 0.2) is 0 Å². The van der Waals surface area contributed by atoms with Gasteiger partial charge in [-0.3, -0.25) is 0 Å². The van der Waals surface area contributed by atoms with Gasteiger partial charge in [-0.1, -0.05) is 32.4 Å². The van der Waals surface area contributed by atoms with Crippen LogP contribution >= 0.6 is 0 Å². The van der Waals surface area contributed by atoms with Crippen LogP contribution in [0, 0.1) is 12.7 Å². The second-order valence-corrected chi connectivity index (χ2v) is 7.00. The molecule has 3 rings (SSSR count). The molecule has 0 spiro atoms. The van der Waals surface area contributed by atoms with Gasteiger partial charge < -0.3 is 10.3 Å². The number of hydrogen-bond donors (Lipinski definition) is 1. The summed E-state index contributed by atoms with van der Waals surface area (Å²) in [5.41, 5.74) is 8.29. The molecule has 0 aliphatic heterocycles. The van der Waals surface area contributed by atoms with E-state index in [1.54, 1.807) is 6.07 Å². The van der Waals surface area contributed by atoms with Crippen molar-refractivity contribution in [2.24, 2.45) is 0 Å². The van der Waals surface area contributed by atoms with Crippen molar-refractivity contribution >= 4 is 5.82 Å². The first-order valence-corrected chi connectivity index (χ1v) is 7.43. The summed E-state index contributed by atoms with van der Waals surface area (Å²) >= 11 is 0. The third-order valence-electron chi connectivity index (χ3n) is 3.91. The van der Waals surface area contributed by atoms with E-state index in [-0.39, 0.29) is 11.2 Å². The predicted octanol–water partition coefficient (Wildman–Crippen LogP) is 4.21. The molecule has 0 saturated heterocycles. The SMILES string of the molecule is Cc1ccc(F)c(-c2nc(C(C)(C)C)n(C3CC3)c2N)c1. The molecule has 1 aromatic carbocycles. The Morgan fingerprint density at radius 3 is 2.52 bits per heavy atom. The number of hydrogen-bond acceptors (Lipinski definition) is 2. The van der Waals surface area contributed by atoms with Crippen LogP contribution in [0.15, 0.2) is 18.2 Å². The lowest BCUT2D eigenvalue weighted by atomic mass is 9.95. The summed E-state index contributed by atoms with van der Waals surface area (Å²) in [5.74, 6) is 1.26. The van der Waals surface area contributed by atoms with Crippen LogP contribution in [0.3, 0.4) is 0 Å². The first kappa shape index (κ1) is 14.1. The topological polar surface area (TPSA) is 43.8 Å². The molecule has 1 aliphatic rings. The molecule has 1 saturated carbocycles. The lowest BCUT2D eigenvalue weighted by Gasteiger charge is -2.20. The van der Waals surface area contributed by atoms with E-state index in [1.807, 2.05) is 13.0 Å². The summed E-state index contributed by atoms with van der Waals surface area (Å²) in [7, 11) is 0. The van der Waals surface area contributed by atoms with Crippen LogP contribution in [-0.2, 0) is 5.41 Å². The van der Waals surface area contributed by atoms with Gasteiger partial charge in [-0.2, -0.15) is 0 Å². The second kappa shape index (κ2) is 4.58. The second-order valence-electron chi connectivity index (χ2n) is 7.00. The highest BCUT2D eigenvalue weighted by Gasteiger charge is 2.34. The molecule has 0 atom stereocenters. The van der Waals surface area contributed by atoms with Gasteiger partial charge in [0.05, 0.1) is 0 Å². The summed E-state index contributed by atoms with van der Waals surface area (Å²) in [5, 5.41) is 0. The van der Waals surface area contributed by atoms with Crippen LogP contribution in [0.25, 0.3) is 11.3 Å². The van der Waals surface area contributed by atoms with Crippen molar-refractivity contribution in [3.8, 4) is 11.3 Å². The van der Waals surface area contributed by atoms with Gasteiger partial charge in [-0.25, -0.2) is 9.37 Å². The maximum absolute atomic E-state index is 14.2. The third-order valence-corrected chi connectivity index (χ3v) is 3.91. The molecule has 1 fully saturated rings. The maximum atomic E-state index is 14.2. The van der Waals surface area contributed by atoms with Gasteiger partial charge in [-0.15, -0.1) is 0 Å². The predicted molar refractivity (Wildman–Crippen MR) is 83.7 cm³/mol. The van der Waals surface area contributed by atoms with E-state index in [0.717, 1.165) is 24.2 Å². The number of anilines is 1. The van der Waals surface area contributed by atoms with E-state index in [4.69, 9.17) is 10.7 Å². The number of aryl methyl sites for hydroxylation is 1. The van der Waals surface area contributed by atoms with Gasteiger partial charge in [0.2, 0.25) is 0 Å². The van der Waals surface area contributed by atoms with E-state index < -0.39 is 0 Å². The Balaban J connectivity index is 2.22. The molecule has 112 valence electrons. The number of nitrogen functional groups attached to an aromatic ring is 1. The van der Waals surface area contributed by atoms with Crippen molar-refractivity contribution in [3.63, 3.8) is 0 Å². The molecular formula is C17H22FN3. The van der Waals surface area contributed by atoms with Crippen molar-refractivity contribution in [3.05, 3.63) is 35.4 Å². The van der Waals surface area contributed by atoms with Crippen LogP contribution in [0.1, 0.15) is 51.0 Å². The Bertz CT molecular complexity index is 691. The number of nitrogens with zero attached hydrogens (tertiary/aromatic N) is 2. The number of nitrogens with two attached hydrogens (primary N) is 1. The molecule has 3 nitrogen and oxygen atoms in total. The number of imidazole rings is 1. The summed E-state index contributed by atoms with van der Waals surface area (Å²) in [6.07, 6.45) is 2.25. The minimum Gasteiger partial charge on any atom is -0.383 e. The average molecular weight is 287 g/mol. The molecule has 0 unspecified atom stereocenters. The summed E-state index contributed by atoms with van der Waals surface area (Å²) < 4.78 is 16.3. The minimum atomic E-state index is -0.270. The fourth-order valence-electron chi connectivity index (χ4n) is 2.70. The average Bonchev–Trinajstić information content (AvgIpc) is 3.15. The number of benzene rings is 1. The van der Waals surface area contributed by atoms with E-state index in [1.165, 1.54) is 6.07 Å². The molecule has 1 aliphatic carbocycles. The van der Waals surface area contributed by atoms with E-state index in [0.29, 0.717) is 23.1 Å². The van der Waals surface area contributed by atoms with Crippen molar-refractivity contribution in [1.82, 2.24) is 9.55 Å². The summed E-state index contributed by atoms with van der Waals surface area (Å²) in [4.78, 5) is 4.71. The van der Waals surface area contributed by atoms with Gasteiger partial charge in [0.1, 0.15) is 23.2 Å². The van der Waals surface area contributed by atoms with E-state index in [9.17, 15) is 4.39 Å². The molecule has 4 heteroatoms. The quantitative estimate of drug-likeness (QED) is 0.899. The Kier molecular flexibility index (Phi) is 3.08. The number of rotatable bonds is 2. The van der Waals surface area contributed by atoms with Gasteiger partial charge in [0.25, 0.3) is 0 Å². The number of halogens is 1. The first-order chi connectivity index (χ1) is 9.79. The van der Waals surface area contributed by atoms with Crippen molar-refractivity contribution < 1.29 is 4.39 Å². The summed E-state index contributed by atoms with van der Waals surface area (Å²) in [6, 6.07) is 5.49. The fourth-order valence-corrected chi connectivity index (χ4v) is 2.70. The lowest BCUT2D eigenvalue weighted by molar-refractivity contribution is 0.504. The van der Waals surface area contributed by atoms with E-state index >= 15 is 0 Å². The van der Waals surface area contributed by atoms with E-state index in [2.05, 4.69) is 25.3 Å². The van der Waals surface area contributed by atoms with Gasteiger partial charge >= 0.3 is 0 Å². The molecular weight excluding hydrogens is 265 g/mol. The molecule has 2 aromatic rings. The molecule has 0 amide bonds. The van der Waals surface area contributed by atoms with Crippen LogP contribution in [0.5, 0.6) is 0 Å². The lowest BCUT2D eigenvalue weighted by Crippen LogP contribution is -2.19. The van der Waals surface area contributed by atoms with Gasteiger partial charge in [-0.05, 0) is 31.9 Å². The monoisotopic (exact) mass is 287 g/mol. The Morgan fingerprint density at radius 2 is 1.95 bits per heavy atom. The number of aromatic nitrogens is 2. The van der Waals surface area contributed by atoms with Crippen molar-refractivity contribution in [2.75, 3.05) is 5.73 Å². The maximum Gasteiger partial charge on any atom is 0.132 e. The zero-order valence-electron chi connectivity index (χ0n) is 13.1. The standard InChI is InChI=1S/C17H22FN3/c1-10-5-8-13(18)12(9-10)14-15(19)21(11-6-7-11)16(20-14)17(2,3)4/h5,8-9,11H,6-7,19H2,1-4H3. The van der Waals surface area contributed by atoms with Crippen LogP contribution in [-0.4, -0.2) is 9.55 Å². The highest BCUT2D eigenvalue weighted by atomic mass is 19.1. The Hall–Kier alpha value is -1.84. The minimum absolute atomic E-state index is 0.116. The molecule has 0 radical (unpaired) electrons. The molecule has 0 bridgehead atoms. The van der Waals surface area contributed by atoms with Gasteiger partial charge in [0, 0.05) is 17.0 Å². The Morgan fingerprint density at radius 1 is 1.29 bits per heavy atom. The molecule has 2 N–H and O–H groups in total. The highest BCUT2D eigenvalue weighted by Crippen LogP contribution is 2.43. The van der Waals surface area contributed by atoms with Crippen molar-refractivity contribution in [1.29, 1.82) is 0 Å². The van der Waals surface area contributed by atoms with Crippen LogP contribution in [0.2, 0.25) is 0 Å². The highest BCUT2D eigenvalue weighted by molar-refractivity contribution is 5.72. The summed E-state index contributed by atoms with van der Waals surface area (Å²) in [6.45, 7) is 8.29. The first-order valence-electron chi connectivity index (χ1n) is 7.43. The normalized spacial score (nSPS) is 15.5. The Labute approximate surface area is 125 Å². The third kappa shape index (κ3) is 2.43. The smallest absolute Gasteiger partial charge is 0.132 e. The largest absolute Gasteiger partial charge is 0.383 e. The molecule has 21 heavy (non-hydrogen) atoms. The van der Waals surface area contributed by atoms with Crippen molar-refractivity contribution in [2.45, 2.75) is 52.0 Å². The van der Waals surface area contributed by atoms with Crippen LogP contribution < -0.4 is 5.73 Å². The molecule has 1 aromatic heterocycles. The zero-order chi connectivity index (χ0) is 15.4. The zero-order valence-corrected chi connectivity index (χ0v) is 13.1. The fraction of sp³-hybridized carbons (Fsp3) is 0.471. The van der Waals surface area contributed by atoms with Crippen LogP contribution in [0.4, 0.5) is 10.2 Å². The molecule has 1 heterocycles.